The van der Waals surface area contributed by atoms with Crippen molar-refractivity contribution in [2.24, 2.45) is 5.92 Å². The van der Waals surface area contributed by atoms with E-state index in [4.69, 9.17) is 0 Å². The highest BCUT2D eigenvalue weighted by Crippen LogP contribution is 2.35. The molecule has 0 aromatic carbocycles. The Kier molecular flexibility index (Phi) is 5.65. The number of rotatable bonds is 5. The Morgan fingerprint density at radius 1 is 1.33 bits per heavy atom. The molecule has 0 bridgehead atoms. The highest BCUT2D eigenvalue weighted by molar-refractivity contribution is 7.89. The molecule has 1 aliphatic rings. The highest BCUT2D eigenvalue weighted by Gasteiger charge is 2.47. The summed E-state index contributed by atoms with van der Waals surface area (Å²) < 4.78 is 67.8. The van der Waals surface area contributed by atoms with E-state index in [1.807, 2.05) is 0 Å². The fourth-order valence-corrected chi connectivity index (χ4v) is 5.01. The van der Waals surface area contributed by atoms with Crippen LogP contribution in [0, 0.1) is 5.92 Å². The van der Waals surface area contributed by atoms with Crippen molar-refractivity contribution in [1.82, 2.24) is 4.31 Å². The molecule has 9 heteroatoms. The number of esters is 1. The Balaban J connectivity index is 3.08. The van der Waals surface area contributed by atoms with E-state index in [0.29, 0.717) is 17.1 Å². The van der Waals surface area contributed by atoms with Crippen LogP contribution in [-0.4, -0.2) is 49.8 Å². The van der Waals surface area contributed by atoms with Crippen LogP contribution in [0.1, 0.15) is 33.1 Å². The Labute approximate surface area is 122 Å². The Morgan fingerprint density at radius 3 is 2.33 bits per heavy atom. The van der Waals surface area contributed by atoms with Crippen LogP contribution < -0.4 is 0 Å². The van der Waals surface area contributed by atoms with Crippen LogP contribution in [0.5, 0.6) is 0 Å². The van der Waals surface area contributed by atoms with Crippen LogP contribution in [-0.2, 0) is 19.6 Å². The molecule has 1 rings (SSSR count). The van der Waals surface area contributed by atoms with Crippen molar-refractivity contribution < 1.29 is 31.1 Å². The maximum absolute atomic E-state index is 12.6. The number of hydrogen-bond donors (Lipinski definition) is 0. The number of hydrogen-bond acceptors (Lipinski definition) is 4. The molecule has 5 nitrogen and oxygen atoms in total. The molecular weight excluding hydrogens is 311 g/mol. The van der Waals surface area contributed by atoms with Gasteiger partial charge in [-0.05, 0) is 26.7 Å². The molecule has 0 aromatic heterocycles. The predicted octanol–water partition coefficient (Wildman–Crippen LogP) is 1.93. The number of carbonyl (C=O) groups excluding carboxylic acids is 1. The molecule has 1 fully saturated rings. The summed E-state index contributed by atoms with van der Waals surface area (Å²) in [7, 11) is -3.09. The first kappa shape index (κ1) is 18.2. The summed E-state index contributed by atoms with van der Waals surface area (Å²) in [5.74, 6) is -1.58. The smallest absolute Gasteiger partial charge is 0.402 e. The first-order chi connectivity index (χ1) is 9.50. The van der Waals surface area contributed by atoms with Crippen molar-refractivity contribution in [2.75, 3.05) is 13.7 Å². The zero-order valence-electron chi connectivity index (χ0n) is 12.2. The standard InChI is InChI=1S/C12H20F3NO4S/c1-8(2)16(7-12(13,14)15)21(18,19)10-6-4-5-9(10)11(17)20-3/h8-10H,4-7H2,1-3H3. The fraction of sp³-hybridized carbons (Fsp3) is 0.917. The van der Waals surface area contributed by atoms with Crippen molar-refractivity contribution in [3.05, 3.63) is 0 Å². The molecule has 0 aromatic rings. The minimum absolute atomic E-state index is 0.170. The normalized spacial score (nSPS) is 23.8. The predicted molar refractivity (Wildman–Crippen MR) is 70.0 cm³/mol. The monoisotopic (exact) mass is 331 g/mol. The second-order valence-electron chi connectivity index (χ2n) is 5.40. The van der Waals surface area contributed by atoms with Crippen molar-refractivity contribution in [1.29, 1.82) is 0 Å². The molecule has 2 unspecified atom stereocenters. The summed E-state index contributed by atoms with van der Waals surface area (Å²) in [4.78, 5) is 11.6. The average Bonchev–Trinajstić information content (AvgIpc) is 2.83. The number of halogens is 3. The van der Waals surface area contributed by atoms with Gasteiger partial charge in [-0.25, -0.2) is 8.42 Å². The van der Waals surface area contributed by atoms with Gasteiger partial charge in [0.2, 0.25) is 10.0 Å². The first-order valence-corrected chi connectivity index (χ1v) is 8.16. The third-order valence-corrected chi connectivity index (χ3v) is 6.11. The van der Waals surface area contributed by atoms with Gasteiger partial charge in [0, 0.05) is 6.04 Å². The van der Waals surface area contributed by atoms with Crippen molar-refractivity contribution in [2.45, 2.75) is 50.6 Å². The van der Waals surface area contributed by atoms with Crippen LogP contribution in [0.2, 0.25) is 0 Å². The number of sulfonamides is 1. The summed E-state index contributed by atoms with van der Waals surface area (Å²) in [6.45, 7) is 1.22. The molecule has 124 valence electrons. The molecule has 0 saturated heterocycles. The zero-order valence-corrected chi connectivity index (χ0v) is 13.0. The molecule has 1 aliphatic carbocycles. The van der Waals surface area contributed by atoms with E-state index in [1.54, 1.807) is 0 Å². The first-order valence-electron chi connectivity index (χ1n) is 6.66. The topological polar surface area (TPSA) is 63.7 Å². The SMILES string of the molecule is COC(=O)C1CCCC1S(=O)(=O)N(CC(F)(F)F)C(C)C. The second-order valence-corrected chi connectivity index (χ2v) is 7.50. The molecule has 0 N–H and O–H groups in total. The lowest BCUT2D eigenvalue weighted by Gasteiger charge is -2.31. The number of alkyl halides is 3. The maximum Gasteiger partial charge on any atom is 0.402 e. The molecule has 0 spiro atoms. The lowest BCUT2D eigenvalue weighted by molar-refractivity contribution is -0.145. The van der Waals surface area contributed by atoms with Gasteiger partial charge in [0.05, 0.1) is 18.3 Å². The van der Waals surface area contributed by atoms with Crippen molar-refractivity contribution in [3.63, 3.8) is 0 Å². The number of methoxy groups -OCH3 is 1. The second kappa shape index (κ2) is 6.51. The van der Waals surface area contributed by atoms with Gasteiger partial charge in [-0.3, -0.25) is 4.79 Å². The van der Waals surface area contributed by atoms with Gasteiger partial charge >= 0.3 is 12.1 Å². The fourth-order valence-electron chi connectivity index (χ4n) is 2.62. The molecule has 0 aliphatic heterocycles. The van der Waals surface area contributed by atoms with Gasteiger partial charge in [-0.1, -0.05) is 6.42 Å². The third-order valence-electron chi connectivity index (χ3n) is 3.58. The number of ether oxygens (including phenoxy) is 1. The summed E-state index contributed by atoms with van der Waals surface area (Å²) in [5.41, 5.74) is 0. The Morgan fingerprint density at radius 2 is 1.90 bits per heavy atom. The molecule has 0 radical (unpaired) electrons. The maximum atomic E-state index is 12.6. The number of nitrogens with zero attached hydrogens (tertiary/aromatic N) is 1. The van der Waals surface area contributed by atoms with Gasteiger partial charge < -0.3 is 4.74 Å². The molecule has 21 heavy (non-hydrogen) atoms. The summed E-state index contributed by atoms with van der Waals surface area (Å²) in [5, 5.41) is -1.14. The zero-order chi connectivity index (χ0) is 16.4. The third kappa shape index (κ3) is 4.32. The minimum Gasteiger partial charge on any atom is -0.469 e. The van der Waals surface area contributed by atoms with E-state index in [1.165, 1.54) is 13.8 Å². The van der Waals surface area contributed by atoms with Crippen molar-refractivity contribution >= 4 is 16.0 Å². The van der Waals surface area contributed by atoms with Crippen LogP contribution >= 0.6 is 0 Å². The Hall–Kier alpha value is -0.830. The van der Waals surface area contributed by atoms with Gasteiger partial charge in [-0.15, -0.1) is 0 Å². The van der Waals surface area contributed by atoms with Crippen LogP contribution in [0.3, 0.4) is 0 Å². The van der Waals surface area contributed by atoms with Crippen LogP contribution in [0.4, 0.5) is 13.2 Å². The van der Waals surface area contributed by atoms with E-state index < -0.39 is 45.9 Å². The van der Waals surface area contributed by atoms with E-state index in [2.05, 4.69) is 4.74 Å². The van der Waals surface area contributed by atoms with E-state index in [0.717, 1.165) is 7.11 Å². The largest absolute Gasteiger partial charge is 0.469 e. The molecule has 0 heterocycles. The van der Waals surface area contributed by atoms with Crippen LogP contribution in [0.25, 0.3) is 0 Å². The Bertz CT molecular complexity index is 475. The lowest BCUT2D eigenvalue weighted by Crippen LogP contribution is -2.49. The van der Waals surface area contributed by atoms with Gasteiger partial charge in [0.1, 0.15) is 6.54 Å². The van der Waals surface area contributed by atoms with E-state index >= 15 is 0 Å². The molecular formula is C12H20F3NO4S. The quantitative estimate of drug-likeness (QED) is 0.722. The van der Waals surface area contributed by atoms with Crippen molar-refractivity contribution in [3.8, 4) is 0 Å². The summed E-state index contributed by atoms with van der Waals surface area (Å²) in [6, 6.07) is -0.837. The molecule has 2 atom stereocenters. The summed E-state index contributed by atoms with van der Waals surface area (Å²) in [6.07, 6.45) is -3.67. The van der Waals surface area contributed by atoms with Gasteiger partial charge in [0.15, 0.2) is 0 Å². The molecule has 0 amide bonds. The van der Waals surface area contributed by atoms with Gasteiger partial charge in [-0.2, -0.15) is 17.5 Å². The average molecular weight is 331 g/mol. The van der Waals surface area contributed by atoms with E-state index in [9.17, 15) is 26.4 Å². The lowest BCUT2D eigenvalue weighted by atomic mass is 10.1. The number of carbonyl (C=O) groups is 1. The minimum atomic E-state index is -4.63. The van der Waals surface area contributed by atoms with E-state index in [-0.39, 0.29) is 6.42 Å². The molecule has 1 saturated carbocycles. The van der Waals surface area contributed by atoms with Gasteiger partial charge in [0.25, 0.3) is 0 Å². The van der Waals surface area contributed by atoms with Crippen LogP contribution in [0.15, 0.2) is 0 Å². The summed E-state index contributed by atoms with van der Waals surface area (Å²) >= 11 is 0. The highest BCUT2D eigenvalue weighted by atomic mass is 32.2.